The van der Waals surface area contributed by atoms with Crippen molar-refractivity contribution >= 4 is 29.5 Å². The van der Waals surface area contributed by atoms with Crippen molar-refractivity contribution in [1.82, 2.24) is 28.8 Å². The van der Waals surface area contributed by atoms with E-state index in [0.717, 1.165) is 31.6 Å². The number of fused-ring (bicyclic) bond motifs is 8. The van der Waals surface area contributed by atoms with E-state index in [4.69, 9.17) is 0 Å². The fraction of sp³-hybridized carbons (Fsp3) is 0.387. The summed E-state index contributed by atoms with van der Waals surface area (Å²) in [7, 11) is 3.75. The summed E-state index contributed by atoms with van der Waals surface area (Å²) in [6.45, 7) is 3.62. The van der Waals surface area contributed by atoms with Crippen LogP contribution in [0.3, 0.4) is 0 Å². The van der Waals surface area contributed by atoms with Gasteiger partial charge >= 0.3 is 0 Å². The number of aryl methyl sites for hydroxylation is 1. The van der Waals surface area contributed by atoms with Gasteiger partial charge in [-0.2, -0.15) is 5.10 Å². The summed E-state index contributed by atoms with van der Waals surface area (Å²) < 4.78 is 5.66. The van der Waals surface area contributed by atoms with Crippen LogP contribution in [-0.2, 0) is 26.7 Å². The van der Waals surface area contributed by atoms with E-state index in [0.29, 0.717) is 64.6 Å². The number of pyridine rings is 2. The maximum atomic E-state index is 13.8. The van der Waals surface area contributed by atoms with Crippen LogP contribution in [0.5, 0.6) is 0 Å². The van der Waals surface area contributed by atoms with Crippen LogP contribution in [0, 0.1) is 0 Å². The highest BCUT2D eigenvalue weighted by Crippen LogP contribution is 2.54. The maximum absolute atomic E-state index is 13.8. The predicted molar refractivity (Wildman–Crippen MR) is 158 cm³/mol. The second-order valence-corrected chi connectivity index (χ2v) is 12.1. The molecule has 6 heterocycles. The number of nitrogens with zero attached hydrogens (tertiary/aromatic N) is 7. The van der Waals surface area contributed by atoms with Crippen molar-refractivity contribution in [3.63, 3.8) is 0 Å². The molecule has 0 aromatic carbocycles. The maximum Gasteiger partial charge on any atom is 0.276 e. The number of aromatic nitrogens is 5. The third kappa shape index (κ3) is 3.72. The number of hydrogen-bond donors (Lipinski definition) is 1. The lowest BCUT2D eigenvalue weighted by atomic mass is 9.98. The van der Waals surface area contributed by atoms with E-state index in [9.17, 15) is 14.4 Å². The van der Waals surface area contributed by atoms with E-state index < -0.39 is 0 Å². The fourth-order valence-corrected chi connectivity index (χ4v) is 7.53. The summed E-state index contributed by atoms with van der Waals surface area (Å²) >= 11 is 0. The van der Waals surface area contributed by atoms with Gasteiger partial charge in [-0.3, -0.25) is 28.9 Å². The molecule has 2 aliphatic heterocycles. The molecule has 4 aliphatic rings. The second-order valence-electron chi connectivity index (χ2n) is 12.1. The van der Waals surface area contributed by atoms with Crippen molar-refractivity contribution in [1.29, 1.82) is 0 Å². The zero-order valence-corrected chi connectivity index (χ0v) is 23.7. The third-order valence-corrected chi connectivity index (χ3v) is 9.53. The number of likely N-dealkylation sites (N-methyl/N-ethyl adjacent to an activating group) is 1. The van der Waals surface area contributed by atoms with Gasteiger partial charge in [0.25, 0.3) is 11.5 Å². The molecule has 1 fully saturated rings. The van der Waals surface area contributed by atoms with Crippen LogP contribution in [0.15, 0.2) is 41.5 Å². The van der Waals surface area contributed by atoms with Gasteiger partial charge in [0.05, 0.1) is 17.8 Å². The Morgan fingerprint density at radius 3 is 2.74 bits per heavy atom. The summed E-state index contributed by atoms with van der Waals surface area (Å²) in [6, 6.07) is 7.53. The van der Waals surface area contributed by atoms with Crippen molar-refractivity contribution in [2.45, 2.75) is 50.7 Å². The highest BCUT2D eigenvalue weighted by molar-refractivity contribution is 6.09. The van der Waals surface area contributed by atoms with Crippen LogP contribution in [0.2, 0.25) is 0 Å². The number of hydrogen-bond acceptors (Lipinski definition) is 7. The zero-order chi connectivity index (χ0) is 28.7. The molecule has 0 saturated heterocycles. The van der Waals surface area contributed by atoms with Gasteiger partial charge in [0.2, 0.25) is 0 Å². The molecule has 4 aromatic rings. The minimum Gasteiger partial charge on any atom is -0.338 e. The minimum absolute atomic E-state index is 0.125. The molecule has 2 bridgehead atoms. The van der Waals surface area contributed by atoms with E-state index >= 15 is 0 Å². The smallest absolute Gasteiger partial charge is 0.276 e. The van der Waals surface area contributed by atoms with Gasteiger partial charge in [-0.1, -0.05) is 0 Å². The van der Waals surface area contributed by atoms with Crippen LogP contribution >= 0.6 is 0 Å². The average molecular weight is 565 g/mol. The van der Waals surface area contributed by atoms with Gasteiger partial charge in [0, 0.05) is 68.9 Å². The Bertz CT molecular complexity index is 1850. The zero-order valence-electron chi connectivity index (χ0n) is 23.7. The number of anilines is 3. The monoisotopic (exact) mass is 564 g/mol. The van der Waals surface area contributed by atoms with Crippen molar-refractivity contribution in [2.24, 2.45) is 7.05 Å². The number of nitrogens with one attached hydrogen (secondary N) is 1. The first-order chi connectivity index (χ1) is 20.4. The topological polar surface area (TPSA) is 110 Å². The second kappa shape index (κ2) is 9.25. The highest BCUT2D eigenvalue weighted by Gasteiger charge is 2.43. The molecule has 1 saturated carbocycles. The number of carbonyl (C=O) groups is 2. The predicted octanol–water partition coefficient (Wildman–Crippen LogP) is 3.47. The molecule has 1 N–H and O–H groups in total. The molecule has 2 unspecified atom stereocenters. The Labute approximate surface area is 242 Å². The average Bonchev–Trinajstić information content (AvgIpc) is 3.77. The van der Waals surface area contributed by atoms with Crippen LogP contribution in [0.4, 0.5) is 17.3 Å². The van der Waals surface area contributed by atoms with Gasteiger partial charge in [0.1, 0.15) is 17.2 Å². The van der Waals surface area contributed by atoms with Crippen LogP contribution in [-0.4, -0.2) is 61.1 Å². The first kappa shape index (κ1) is 25.2. The van der Waals surface area contributed by atoms with Gasteiger partial charge in [-0.15, -0.1) is 0 Å². The first-order valence-electron chi connectivity index (χ1n) is 14.6. The van der Waals surface area contributed by atoms with Crippen molar-refractivity contribution < 1.29 is 9.59 Å². The summed E-state index contributed by atoms with van der Waals surface area (Å²) in [5, 5.41) is 7.84. The fourth-order valence-electron chi connectivity index (χ4n) is 7.53. The standard InChI is InChI=1S/C31H32N8O3/c1-35-7-10-39-21(16-35)13-27(34-39)33-25-12-20(15-36(2)30(25)41)22-5-6-32-29(24(22)17-40)38-9-8-37-26(31(38)42)14-23-18-3-4-19(11-18)28(23)37/h5-6,12-15,17-19H,3-4,7-11,16H2,1-2H3,(H,33,34). The minimum atomic E-state index is -0.210. The molecule has 11 nitrogen and oxygen atoms in total. The lowest BCUT2D eigenvalue weighted by Gasteiger charge is -2.30. The molecule has 8 rings (SSSR count). The van der Waals surface area contributed by atoms with Crippen LogP contribution in [0.1, 0.15) is 68.9 Å². The quantitative estimate of drug-likeness (QED) is 0.370. The summed E-state index contributed by atoms with van der Waals surface area (Å²) in [4.78, 5) is 47.9. The Morgan fingerprint density at radius 2 is 1.88 bits per heavy atom. The van der Waals surface area contributed by atoms with E-state index in [1.54, 1.807) is 36.5 Å². The molecule has 1 amide bonds. The van der Waals surface area contributed by atoms with E-state index in [2.05, 4.69) is 38.0 Å². The Kier molecular flexibility index (Phi) is 5.55. The lowest BCUT2D eigenvalue weighted by Crippen LogP contribution is -2.41. The Hall–Kier alpha value is -4.51. The van der Waals surface area contributed by atoms with E-state index in [1.807, 2.05) is 10.7 Å². The van der Waals surface area contributed by atoms with Gasteiger partial charge in [-0.25, -0.2) is 4.98 Å². The largest absolute Gasteiger partial charge is 0.338 e. The van der Waals surface area contributed by atoms with Crippen molar-refractivity contribution in [3.8, 4) is 11.1 Å². The number of amides is 1. The van der Waals surface area contributed by atoms with Crippen LogP contribution in [0.25, 0.3) is 11.1 Å². The van der Waals surface area contributed by atoms with Crippen molar-refractivity contribution in [3.05, 3.63) is 75.2 Å². The van der Waals surface area contributed by atoms with Gasteiger partial charge in [-0.05, 0) is 61.6 Å². The Balaban J connectivity index is 1.14. The molecule has 214 valence electrons. The van der Waals surface area contributed by atoms with Gasteiger partial charge in [0.15, 0.2) is 12.1 Å². The van der Waals surface area contributed by atoms with Gasteiger partial charge < -0.3 is 14.5 Å². The molecule has 0 radical (unpaired) electrons. The number of rotatable bonds is 5. The molecule has 4 aromatic heterocycles. The Morgan fingerprint density at radius 1 is 1.02 bits per heavy atom. The number of aldehydes is 1. The normalized spacial score (nSPS) is 20.9. The molecule has 2 atom stereocenters. The van der Waals surface area contributed by atoms with Crippen molar-refractivity contribution in [2.75, 3.05) is 30.4 Å². The molecule has 11 heteroatoms. The molecular weight excluding hydrogens is 532 g/mol. The number of carbonyl (C=O) groups excluding carboxylic acids is 2. The molecule has 0 spiro atoms. The molecule has 42 heavy (non-hydrogen) atoms. The summed E-state index contributed by atoms with van der Waals surface area (Å²) in [5.74, 6) is 1.95. The third-order valence-electron chi connectivity index (χ3n) is 9.53. The van der Waals surface area contributed by atoms with E-state index in [1.165, 1.54) is 35.1 Å². The van der Waals surface area contributed by atoms with E-state index in [-0.39, 0.29) is 11.5 Å². The summed E-state index contributed by atoms with van der Waals surface area (Å²) in [6.07, 6.45) is 7.70. The lowest BCUT2D eigenvalue weighted by molar-refractivity contribution is 0.0963. The SMILES string of the molecule is CN1CCn2nc(Nc3cc(-c4ccnc(N5CCn6c(cc7c6C6CCC7C6)C5=O)c4C=O)cn(C)c3=O)cc2C1. The molecular formula is C31H32N8O3. The highest BCUT2D eigenvalue weighted by atomic mass is 16.2. The first-order valence-corrected chi connectivity index (χ1v) is 14.6. The summed E-state index contributed by atoms with van der Waals surface area (Å²) in [5.41, 5.74) is 6.19. The van der Waals surface area contributed by atoms with Crippen LogP contribution < -0.4 is 15.8 Å². The molecule has 2 aliphatic carbocycles.